The fourth-order valence-corrected chi connectivity index (χ4v) is 2.82. The van der Waals surface area contributed by atoms with E-state index in [0.29, 0.717) is 18.7 Å². The highest BCUT2D eigenvalue weighted by molar-refractivity contribution is 4.92. The van der Waals surface area contributed by atoms with Gasteiger partial charge in [0.1, 0.15) is 0 Å². The molecular formula is C11H22N2O. The Morgan fingerprint density at radius 3 is 2.50 bits per heavy atom. The Morgan fingerprint density at radius 2 is 1.86 bits per heavy atom. The highest BCUT2D eigenvalue weighted by atomic mass is 16.5. The summed E-state index contributed by atoms with van der Waals surface area (Å²) in [6.07, 6.45) is 8.47. The van der Waals surface area contributed by atoms with Crippen LogP contribution in [0.2, 0.25) is 0 Å². The lowest BCUT2D eigenvalue weighted by Crippen LogP contribution is -2.47. The van der Waals surface area contributed by atoms with Crippen LogP contribution in [-0.2, 0) is 4.74 Å². The van der Waals surface area contributed by atoms with Gasteiger partial charge in [0.2, 0.25) is 0 Å². The highest BCUT2D eigenvalue weighted by Gasteiger charge is 2.39. The van der Waals surface area contributed by atoms with Gasteiger partial charge in [-0.05, 0) is 44.9 Å². The Bertz CT molecular complexity index is 188. The van der Waals surface area contributed by atoms with Crippen molar-refractivity contribution in [1.82, 2.24) is 0 Å². The van der Waals surface area contributed by atoms with Gasteiger partial charge in [-0.15, -0.1) is 0 Å². The van der Waals surface area contributed by atoms with Gasteiger partial charge < -0.3 is 16.2 Å². The summed E-state index contributed by atoms with van der Waals surface area (Å²) in [7, 11) is 0. The maximum atomic E-state index is 6.13. The van der Waals surface area contributed by atoms with Gasteiger partial charge in [0.15, 0.2) is 0 Å². The molecule has 0 aromatic carbocycles. The van der Waals surface area contributed by atoms with E-state index in [1.807, 2.05) is 0 Å². The molecule has 1 aliphatic carbocycles. The molecule has 1 atom stereocenters. The smallest absolute Gasteiger partial charge is 0.0704 e. The van der Waals surface area contributed by atoms with Crippen molar-refractivity contribution in [2.45, 2.75) is 62.7 Å². The lowest BCUT2D eigenvalue weighted by atomic mass is 9.77. The predicted octanol–water partition coefficient (Wildman–Crippen LogP) is 1.15. The number of hydrogen-bond donors (Lipinski definition) is 2. The Labute approximate surface area is 86.2 Å². The van der Waals surface area contributed by atoms with Gasteiger partial charge in [-0.25, -0.2) is 0 Å². The molecule has 1 saturated carbocycles. The molecule has 2 fully saturated rings. The lowest BCUT2D eigenvalue weighted by molar-refractivity contribution is -0.143. The molecule has 1 saturated heterocycles. The van der Waals surface area contributed by atoms with Gasteiger partial charge in [0, 0.05) is 12.6 Å². The Balaban J connectivity index is 1.94. The quantitative estimate of drug-likeness (QED) is 0.664. The molecule has 2 aliphatic rings. The van der Waals surface area contributed by atoms with Crippen molar-refractivity contribution in [3.8, 4) is 0 Å². The number of rotatable bonds is 1. The molecule has 1 spiro atoms. The van der Waals surface area contributed by atoms with Crippen LogP contribution in [0.4, 0.5) is 0 Å². The first-order valence-corrected chi connectivity index (χ1v) is 5.88. The van der Waals surface area contributed by atoms with Crippen molar-refractivity contribution in [2.24, 2.45) is 11.5 Å². The van der Waals surface area contributed by atoms with E-state index >= 15 is 0 Å². The second kappa shape index (κ2) is 4.17. The average Bonchev–Trinajstić information content (AvgIpc) is 2.23. The molecule has 14 heavy (non-hydrogen) atoms. The first-order valence-electron chi connectivity index (χ1n) is 5.88. The molecule has 0 bridgehead atoms. The summed E-state index contributed by atoms with van der Waals surface area (Å²) >= 11 is 0. The summed E-state index contributed by atoms with van der Waals surface area (Å²) < 4.78 is 6.13. The van der Waals surface area contributed by atoms with Crippen LogP contribution in [0.25, 0.3) is 0 Å². The Morgan fingerprint density at radius 1 is 1.14 bits per heavy atom. The average molecular weight is 198 g/mol. The summed E-state index contributed by atoms with van der Waals surface area (Å²) in [5.41, 5.74) is 11.7. The summed E-state index contributed by atoms with van der Waals surface area (Å²) in [6, 6.07) is 0.405. The first kappa shape index (κ1) is 10.4. The molecule has 3 heteroatoms. The zero-order valence-electron chi connectivity index (χ0n) is 8.87. The maximum absolute atomic E-state index is 6.13. The third-order valence-electron chi connectivity index (χ3n) is 3.78. The minimum absolute atomic E-state index is 0.151. The molecule has 0 radical (unpaired) electrons. The maximum Gasteiger partial charge on any atom is 0.0704 e. The van der Waals surface area contributed by atoms with Gasteiger partial charge in [0.05, 0.1) is 11.7 Å². The van der Waals surface area contributed by atoms with Crippen molar-refractivity contribution < 1.29 is 4.74 Å². The van der Waals surface area contributed by atoms with E-state index in [4.69, 9.17) is 16.2 Å². The van der Waals surface area contributed by atoms with E-state index in [1.54, 1.807) is 0 Å². The summed E-state index contributed by atoms with van der Waals surface area (Å²) in [6.45, 7) is 0.674. The third-order valence-corrected chi connectivity index (χ3v) is 3.78. The molecule has 0 amide bonds. The second-order valence-corrected chi connectivity index (χ2v) is 4.89. The molecule has 1 aliphatic heterocycles. The largest absolute Gasteiger partial charge is 0.370 e. The highest BCUT2D eigenvalue weighted by Crippen LogP contribution is 2.39. The standard InChI is InChI=1S/C11H22N2O/c12-8-10-2-1-5-11(14-10)6-3-9(13)4-7-11/h9-10H,1-8,12-13H2. The Hall–Kier alpha value is -0.120. The van der Waals surface area contributed by atoms with Gasteiger partial charge in [-0.3, -0.25) is 0 Å². The van der Waals surface area contributed by atoms with Crippen molar-refractivity contribution in [3.63, 3.8) is 0 Å². The number of nitrogens with two attached hydrogens (primary N) is 2. The van der Waals surface area contributed by atoms with Crippen LogP contribution in [0.3, 0.4) is 0 Å². The van der Waals surface area contributed by atoms with E-state index in [0.717, 1.165) is 32.1 Å². The van der Waals surface area contributed by atoms with Crippen molar-refractivity contribution in [1.29, 1.82) is 0 Å². The second-order valence-electron chi connectivity index (χ2n) is 4.89. The van der Waals surface area contributed by atoms with E-state index < -0.39 is 0 Å². The van der Waals surface area contributed by atoms with Gasteiger partial charge in [-0.1, -0.05) is 0 Å². The molecular weight excluding hydrogens is 176 g/mol. The zero-order chi connectivity index (χ0) is 10.0. The van der Waals surface area contributed by atoms with Crippen molar-refractivity contribution >= 4 is 0 Å². The van der Waals surface area contributed by atoms with Crippen LogP contribution in [-0.4, -0.2) is 24.3 Å². The van der Waals surface area contributed by atoms with Crippen LogP contribution in [0.5, 0.6) is 0 Å². The van der Waals surface area contributed by atoms with E-state index in [-0.39, 0.29) is 5.60 Å². The fourth-order valence-electron chi connectivity index (χ4n) is 2.82. The monoisotopic (exact) mass is 198 g/mol. The molecule has 3 nitrogen and oxygen atoms in total. The summed E-state index contributed by atoms with van der Waals surface area (Å²) in [5, 5.41) is 0. The zero-order valence-corrected chi connectivity index (χ0v) is 8.87. The molecule has 0 aromatic rings. The molecule has 4 N–H and O–H groups in total. The van der Waals surface area contributed by atoms with Crippen molar-refractivity contribution in [3.05, 3.63) is 0 Å². The van der Waals surface area contributed by atoms with Crippen LogP contribution >= 0.6 is 0 Å². The molecule has 1 unspecified atom stereocenters. The number of ether oxygens (including phenoxy) is 1. The van der Waals surface area contributed by atoms with E-state index in [2.05, 4.69) is 0 Å². The molecule has 1 heterocycles. The van der Waals surface area contributed by atoms with Crippen molar-refractivity contribution in [2.75, 3.05) is 6.54 Å². The minimum Gasteiger partial charge on any atom is -0.370 e. The lowest BCUT2D eigenvalue weighted by Gasteiger charge is -2.45. The van der Waals surface area contributed by atoms with E-state index in [1.165, 1.54) is 12.8 Å². The normalized spacial score (nSPS) is 44.1. The van der Waals surface area contributed by atoms with E-state index in [9.17, 15) is 0 Å². The van der Waals surface area contributed by atoms with Gasteiger partial charge in [-0.2, -0.15) is 0 Å². The third kappa shape index (κ3) is 2.10. The molecule has 0 aromatic heterocycles. The van der Waals surface area contributed by atoms with Crippen LogP contribution in [0.15, 0.2) is 0 Å². The topological polar surface area (TPSA) is 61.3 Å². The molecule has 82 valence electrons. The predicted molar refractivity (Wildman–Crippen MR) is 57.0 cm³/mol. The van der Waals surface area contributed by atoms with Crippen LogP contribution in [0.1, 0.15) is 44.9 Å². The SMILES string of the molecule is NCC1CCCC2(CCC(N)CC2)O1. The Kier molecular flexibility index (Phi) is 3.10. The van der Waals surface area contributed by atoms with Crippen LogP contribution < -0.4 is 11.5 Å². The van der Waals surface area contributed by atoms with Gasteiger partial charge in [0.25, 0.3) is 0 Å². The minimum atomic E-state index is 0.151. The van der Waals surface area contributed by atoms with Gasteiger partial charge >= 0.3 is 0 Å². The fraction of sp³-hybridized carbons (Fsp3) is 1.00. The first-order chi connectivity index (χ1) is 6.74. The van der Waals surface area contributed by atoms with Crippen LogP contribution in [0, 0.1) is 0 Å². The summed E-state index contributed by atoms with van der Waals surface area (Å²) in [5.74, 6) is 0. The molecule has 2 rings (SSSR count). The summed E-state index contributed by atoms with van der Waals surface area (Å²) in [4.78, 5) is 0. The number of hydrogen-bond acceptors (Lipinski definition) is 3.